The van der Waals surface area contributed by atoms with E-state index >= 15 is 0 Å². The molecular weight excluding hydrogens is 464 g/mol. The summed E-state index contributed by atoms with van der Waals surface area (Å²) in [6, 6.07) is 1.33. The van der Waals surface area contributed by atoms with E-state index in [1.807, 2.05) is 13.8 Å². The Bertz CT molecular complexity index is 1050. The lowest BCUT2D eigenvalue weighted by Gasteiger charge is -2.38. The first-order valence-corrected chi connectivity index (χ1v) is 12.2. The standard InChI is InChI=1S/C25H34N6O5/c1-17-12-31(18(2)15-32)25(34)21-8-19(20-9-26-16-27-10-20)11-28-24(21)36-22(17)13-29(3)23(33)14-30-4-6-35-7-5-30/h8-11,16-18,22,32H,4-7,12-15H2,1-3H3/t17-,18+,22+/m1/s1. The van der Waals surface area contributed by atoms with E-state index in [4.69, 9.17) is 9.47 Å². The van der Waals surface area contributed by atoms with Crippen molar-refractivity contribution in [1.82, 2.24) is 29.7 Å². The van der Waals surface area contributed by atoms with Crippen LogP contribution in [0.25, 0.3) is 11.1 Å². The number of hydrogen-bond acceptors (Lipinski definition) is 9. The van der Waals surface area contributed by atoms with Crippen molar-refractivity contribution in [1.29, 1.82) is 0 Å². The number of morpholine rings is 1. The molecule has 2 aromatic heterocycles. The number of ether oxygens (including phenoxy) is 2. The summed E-state index contributed by atoms with van der Waals surface area (Å²) in [5, 5.41) is 9.85. The van der Waals surface area contributed by atoms with Crippen molar-refractivity contribution in [2.75, 3.05) is 59.6 Å². The number of aromatic nitrogens is 3. The van der Waals surface area contributed by atoms with Gasteiger partial charge in [-0.25, -0.2) is 15.0 Å². The smallest absolute Gasteiger partial charge is 0.259 e. The van der Waals surface area contributed by atoms with E-state index in [9.17, 15) is 14.7 Å². The maximum Gasteiger partial charge on any atom is 0.259 e. The van der Waals surface area contributed by atoms with E-state index in [1.54, 1.807) is 41.5 Å². The second-order valence-corrected chi connectivity index (χ2v) is 9.49. The van der Waals surface area contributed by atoms with Gasteiger partial charge in [-0.3, -0.25) is 14.5 Å². The summed E-state index contributed by atoms with van der Waals surface area (Å²) < 4.78 is 11.7. The van der Waals surface area contributed by atoms with Crippen LogP contribution < -0.4 is 4.74 Å². The number of carbonyl (C=O) groups excluding carboxylic acids is 2. The van der Waals surface area contributed by atoms with Crippen LogP contribution in [-0.4, -0.2) is 118 Å². The summed E-state index contributed by atoms with van der Waals surface area (Å²) in [5.74, 6) is -0.168. The molecular formula is C25H34N6O5. The van der Waals surface area contributed by atoms with Crippen LogP contribution in [0.5, 0.6) is 5.88 Å². The van der Waals surface area contributed by atoms with Crippen LogP contribution in [0.4, 0.5) is 0 Å². The van der Waals surface area contributed by atoms with Gasteiger partial charge in [0.05, 0.1) is 39.0 Å². The van der Waals surface area contributed by atoms with Gasteiger partial charge in [0.15, 0.2) is 0 Å². The van der Waals surface area contributed by atoms with E-state index in [1.165, 1.54) is 6.33 Å². The molecule has 0 unspecified atom stereocenters. The fourth-order valence-corrected chi connectivity index (χ4v) is 4.37. The van der Waals surface area contributed by atoms with Crippen molar-refractivity contribution < 1.29 is 24.2 Å². The molecule has 2 amide bonds. The van der Waals surface area contributed by atoms with Gasteiger partial charge < -0.3 is 24.4 Å². The third-order valence-corrected chi connectivity index (χ3v) is 6.76. The number of fused-ring (bicyclic) bond motifs is 1. The normalized spacial score (nSPS) is 21.7. The van der Waals surface area contributed by atoms with Crippen LogP contribution in [0, 0.1) is 5.92 Å². The van der Waals surface area contributed by atoms with Crippen molar-refractivity contribution in [3.8, 4) is 17.0 Å². The number of hydrogen-bond donors (Lipinski definition) is 1. The van der Waals surface area contributed by atoms with Crippen LogP contribution >= 0.6 is 0 Å². The quantitative estimate of drug-likeness (QED) is 0.583. The summed E-state index contributed by atoms with van der Waals surface area (Å²) >= 11 is 0. The number of pyridine rings is 1. The van der Waals surface area contributed by atoms with Crippen molar-refractivity contribution >= 4 is 11.8 Å². The first-order chi connectivity index (χ1) is 17.4. The molecule has 0 radical (unpaired) electrons. The summed E-state index contributed by atoms with van der Waals surface area (Å²) in [7, 11) is 1.77. The molecule has 194 valence electrons. The van der Waals surface area contributed by atoms with Gasteiger partial charge in [0.25, 0.3) is 5.91 Å². The molecule has 4 heterocycles. The topological polar surface area (TPSA) is 121 Å². The zero-order valence-electron chi connectivity index (χ0n) is 21.0. The second-order valence-electron chi connectivity index (χ2n) is 9.49. The summed E-state index contributed by atoms with van der Waals surface area (Å²) in [5.41, 5.74) is 1.71. The van der Waals surface area contributed by atoms with Crippen LogP contribution in [0.1, 0.15) is 24.2 Å². The molecule has 3 atom stereocenters. The first-order valence-electron chi connectivity index (χ1n) is 12.2. The molecule has 0 spiro atoms. The predicted molar refractivity (Wildman–Crippen MR) is 131 cm³/mol. The van der Waals surface area contributed by atoms with Gasteiger partial charge in [-0.15, -0.1) is 0 Å². The Morgan fingerprint density at radius 3 is 2.64 bits per heavy atom. The Morgan fingerprint density at radius 2 is 1.94 bits per heavy atom. The highest BCUT2D eigenvalue weighted by molar-refractivity contribution is 5.98. The van der Waals surface area contributed by atoms with Gasteiger partial charge >= 0.3 is 0 Å². The minimum atomic E-state index is -0.401. The van der Waals surface area contributed by atoms with Gasteiger partial charge in [-0.05, 0) is 13.0 Å². The molecule has 2 aliphatic rings. The SMILES string of the molecule is C[C@@H]1CN([C@@H](C)CO)C(=O)c2cc(-c3cncnc3)cnc2O[C@H]1CN(C)C(=O)CN1CCOCC1. The molecule has 11 heteroatoms. The molecule has 1 saturated heterocycles. The average molecular weight is 499 g/mol. The third-order valence-electron chi connectivity index (χ3n) is 6.76. The maximum absolute atomic E-state index is 13.6. The van der Waals surface area contributed by atoms with Gasteiger partial charge in [-0.1, -0.05) is 6.92 Å². The number of carbonyl (C=O) groups is 2. The Hall–Kier alpha value is -3.15. The van der Waals surface area contributed by atoms with E-state index < -0.39 is 12.1 Å². The molecule has 0 aromatic carbocycles. The lowest BCUT2D eigenvalue weighted by atomic mass is 9.99. The zero-order valence-corrected chi connectivity index (χ0v) is 21.0. The lowest BCUT2D eigenvalue weighted by molar-refractivity contribution is -0.133. The molecule has 1 fully saturated rings. The third kappa shape index (κ3) is 5.97. The molecule has 0 bridgehead atoms. The van der Waals surface area contributed by atoms with E-state index in [0.717, 1.165) is 18.7 Å². The number of nitrogens with zero attached hydrogens (tertiary/aromatic N) is 6. The molecule has 1 N–H and O–H groups in total. The second kappa shape index (κ2) is 11.7. The van der Waals surface area contributed by atoms with Crippen LogP contribution in [0.15, 0.2) is 31.0 Å². The molecule has 11 nitrogen and oxygen atoms in total. The Labute approximate surface area is 211 Å². The summed E-state index contributed by atoms with van der Waals surface area (Å²) in [6.45, 7) is 7.39. The Kier molecular flexibility index (Phi) is 8.44. The molecule has 2 aliphatic heterocycles. The molecule has 36 heavy (non-hydrogen) atoms. The first kappa shape index (κ1) is 25.9. The minimum Gasteiger partial charge on any atom is -0.472 e. The lowest BCUT2D eigenvalue weighted by Crippen LogP contribution is -2.51. The van der Waals surface area contributed by atoms with E-state index in [2.05, 4.69) is 19.9 Å². The number of rotatable bonds is 7. The number of amides is 2. The Balaban J connectivity index is 1.59. The highest BCUT2D eigenvalue weighted by atomic mass is 16.5. The van der Waals surface area contributed by atoms with Gasteiger partial charge in [0.2, 0.25) is 11.8 Å². The van der Waals surface area contributed by atoms with Crippen molar-refractivity contribution in [2.45, 2.75) is 26.0 Å². The Morgan fingerprint density at radius 1 is 1.22 bits per heavy atom. The van der Waals surface area contributed by atoms with Gasteiger partial charge in [-0.2, -0.15) is 0 Å². The number of likely N-dealkylation sites (N-methyl/N-ethyl adjacent to an activating group) is 1. The van der Waals surface area contributed by atoms with Crippen LogP contribution in [0.3, 0.4) is 0 Å². The maximum atomic E-state index is 13.6. The summed E-state index contributed by atoms with van der Waals surface area (Å²) in [4.78, 5) is 44.5. The van der Waals surface area contributed by atoms with Crippen molar-refractivity contribution in [3.63, 3.8) is 0 Å². The fraction of sp³-hybridized carbons (Fsp3) is 0.560. The van der Waals surface area contributed by atoms with Crippen LogP contribution in [0.2, 0.25) is 0 Å². The van der Waals surface area contributed by atoms with Gasteiger partial charge in [0.1, 0.15) is 18.0 Å². The zero-order chi connectivity index (χ0) is 25.7. The van der Waals surface area contributed by atoms with Crippen molar-refractivity contribution in [2.24, 2.45) is 5.92 Å². The predicted octanol–water partition coefficient (Wildman–Crippen LogP) is 0.549. The number of aliphatic hydroxyl groups is 1. The molecule has 2 aromatic rings. The largest absolute Gasteiger partial charge is 0.472 e. The van der Waals surface area contributed by atoms with Crippen LogP contribution in [-0.2, 0) is 9.53 Å². The van der Waals surface area contributed by atoms with E-state index in [-0.39, 0.29) is 30.2 Å². The highest BCUT2D eigenvalue weighted by Gasteiger charge is 2.35. The molecule has 0 saturated carbocycles. The summed E-state index contributed by atoms with van der Waals surface area (Å²) in [6.07, 6.45) is 5.97. The molecule has 4 rings (SSSR count). The van der Waals surface area contributed by atoms with Gasteiger partial charge in [0, 0.05) is 62.3 Å². The highest BCUT2D eigenvalue weighted by Crippen LogP contribution is 2.30. The minimum absolute atomic E-state index is 0.000901. The monoisotopic (exact) mass is 498 g/mol. The molecule has 0 aliphatic carbocycles. The average Bonchev–Trinajstić information content (AvgIpc) is 2.91. The number of aliphatic hydroxyl groups excluding tert-OH is 1. The van der Waals surface area contributed by atoms with Crippen molar-refractivity contribution in [3.05, 3.63) is 36.5 Å². The fourth-order valence-electron chi connectivity index (χ4n) is 4.37. The van der Waals surface area contributed by atoms with E-state index in [0.29, 0.717) is 44.0 Å².